The maximum Gasteiger partial charge on any atom is 0.265 e. The van der Waals surface area contributed by atoms with Crippen LogP contribution in [-0.2, 0) is 4.79 Å². The Hall–Kier alpha value is -1.42. The molecular formula is C15H12Cl3NO2. The van der Waals surface area contributed by atoms with Gasteiger partial charge in [0.05, 0.1) is 15.7 Å². The molecule has 6 heteroatoms. The van der Waals surface area contributed by atoms with Gasteiger partial charge in [-0.1, -0.05) is 46.9 Å². The van der Waals surface area contributed by atoms with Crippen molar-refractivity contribution in [2.45, 2.75) is 13.0 Å². The number of halogens is 3. The van der Waals surface area contributed by atoms with E-state index in [1.54, 1.807) is 49.4 Å². The van der Waals surface area contributed by atoms with Gasteiger partial charge in [-0.15, -0.1) is 0 Å². The number of carbonyl (C=O) groups excluding carboxylic acids is 1. The van der Waals surface area contributed by atoms with Crippen molar-refractivity contribution in [1.29, 1.82) is 0 Å². The van der Waals surface area contributed by atoms with E-state index < -0.39 is 6.10 Å². The molecule has 0 bridgehead atoms. The summed E-state index contributed by atoms with van der Waals surface area (Å²) in [5, 5.41) is 3.92. The Bertz CT molecular complexity index is 641. The molecule has 1 amide bonds. The summed E-state index contributed by atoms with van der Waals surface area (Å²) >= 11 is 17.9. The van der Waals surface area contributed by atoms with Crippen LogP contribution in [0.3, 0.4) is 0 Å². The number of hydrogen-bond acceptors (Lipinski definition) is 2. The van der Waals surface area contributed by atoms with Gasteiger partial charge in [-0.3, -0.25) is 4.79 Å². The van der Waals surface area contributed by atoms with Crippen LogP contribution < -0.4 is 10.1 Å². The van der Waals surface area contributed by atoms with Crippen LogP contribution in [0.2, 0.25) is 15.1 Å². The van der Waals surface area contributed by atoms with Crippen molar-refractivity contribution >= 4 is 46.4 Å². The minimum Gasteiger partial charge on any atom is -0.481 e. The molecule has 0 aliphatic carbocycles. The molecule has 0 unspecified atom stereocenters. The first kappa shape index (κ1) is 16.0. The highest BCUT2D eigenvalue weighted by molar-refractivity contribution is 6.39. The molecule has 1 N–H and O–H groups in total. The van der Waals surface area contributed by atoms with Crippen molar-refractivity contribution in [2.24, 2.45) is 0 Å². The average molecular weight is 345 g/mol. The molecule has 0 saturated carbocycles. The lowest BCUT2D eigenvalue weighted by Crippen LogP contribution is -2.30. The van der Waals surface area contributed by atoms with E-state index >= 15 is 0 Å². The fraction of sp³-hybridized carbons (Fsp3) is 0.133. The van der Waals surface area contributed by atoms with Gasteiger partial charge in [-0.05, 0) is 37.3 Å². The third-order valence-electron chi connectivity index (χ3n) is 2.69. The summed E-state index contributed by atoms with van der Waals surface area (Å²) in [6, 6.07) is 11.8. The number of hydrogen-bond donors (Lipinski definition) is 1. The Kier molecular flexibility index (Phi) is 5.34. The van der Waals surface area contributed by atoms with Crippen LogP contribution in [0.25, 0.3) is 0 Å². The van der Waals surface area contributed by atoms with Crippen molar-refractivity contribution in [3.8, 4) is 5.75 Å². The van der Waals surface area contributed by atoms with Gasteiger partial charge in [0, 0.05) is 5.02 Å². The highest BCUT2D eigenvalue weighted by Gasteiger charge is 2.17. The third-order valence-corrected chi connectivity index (χ3v) is 3.55. The zero-order valence-corrected chi connectivity index (χ0v) is 13.3. The molecule has 0 fully saturated rings. The number of carbonyl (C=O) groups is 1. The zero-order valence-electron chi connectivity index (χ0n) is 11.1. The lowest BCUT2D eigenvalue weighted by Gasteiger charge is -2.16. The SMILES string of the molecule is C[C@@H](Oc1cccc(Cl)c1)C(=O)Nc1c(Cl)cccc1Cl. The summed E-state index contributed by atoms with van der Waals surface area (Å²) in [5.41, 5.74) is 0.368. The highest BCUT2D eigenvalue weighted by atomic mass is 35.5. The second-order valence-electron chi connectivity index (χ2n) is 4.30. The first-order valence-corrected chi connectivity index (χ1v) is 7.28. The van der Waals surface area contributed by atoms with Gasteiger partial charge in [0.25, 0.3) is 5.91 Å². The Morgan fingerprint density at radius 3 is 2.33 bits per heavy atom. The molecule has 2 aromatic carbocycles. The van der Waals surface area contributed by atoms with Crippen LogP contribution in [-0.4, -0.2) is 12.0 Å². The predicted octanol–water partition coefficient (Wildman–Crippen LogP) is 5.05. The van der Waals surface area contributed by atoms with E-state index in [2.05, 4.69) is 5.32 Å². The first-order chi connectivity index (χ1) is 9.97. The molecule has 0 heterocycles. The topological polar surface area (TPSA) is 38.3 Å². The molecule has 0 spiro atoms. The second kappa shape index (κ2) is 7.03. The standard InChI is InChI=1S/C15H12Cl3NO2/c1-9(21-11-5-2-4-10(16)8-11)15(20)19-14-12(17)6-3-7-13(14)18/h2-9H,1H3,(H,19,20)/t9-/m1/s1. The van der Waals surface area contributed by atoms with Gasteiger partial charge in [-0.25, -0.2) is 0 Å². The fourth-order valence-electron chi connectivity index (χ4n) is 1.64. The quantitative estimate of drug-likeness (QED) is 0.842. The highest BCUT2D eigenvalue weighted by Crippen LogP contribution is 2.30. The lowest BCUT2D eigenvalue weighted by atomic mass is 10.3. The maximum atomic E-state index is 12.1. The third kappa shape index (κ3) is 4.27. The second-order valence-corrected chi connectivity index (χ2v) is 5.55. The van der Waals surface area contributed by atoms with Gasteiger partial charge in [-0.2, -0.15) is 0 Å². The summed E-state index contributed by atoms with van der Waals surface area (Å²) in [7, 11) is 0. The molecule has 2 aromatic rings. The molecule has 3 nitrogen and oxygen atoms in total. The Labute approximate surface area is 137 Å². The molecule has 1 atom stereocenters. The largest absolute Gasteiger partial charge is 0.481 e. The molecule has 0 radical (unpaired) electrons. The number of rotatable bonds is 4. The molecular weight excluding hydrogens is 333 g/mol. The smallest absolute Gasteiger partial charge is 0.265 e. The van der Waals surface area contributed by atoms with Crippen molar-refractivity contribution in [3.63, 3.8) is 0 Å². The van der Waals surface area contributed by atoms with Crippen LogP contribution in [0.1, 0.15) is 6.92 Å². The van der Waals surface area contributed by atoms with E-state index in [1.165, 1.54) is 0 Å². The number of benzene rings is 2. The van der Waals surface area contributed by atoms with Gasteiger partial charge in [0.1, 0.15) is 5.75 Å². The summed E-state index contributed by atoms with van der Waals surface area (Å²) in [6.45, 7) is 1.63. The number of anilines is 1. The number of ether oxygens (including phenoxy) is 1. The van der Waals surface area contributed by atoms with Crippen molar-refractivity contribution in [2.75, 3.05) is 5.32 Å². The predicted molar refractivity (Wildman–Crippen MR) is 86.6 cm³/mol. The lowest BCUT2D eigenvalue weighted by molar-refractivity contribution is -0.122. The van der Waals surface area contributed by atoms with Gasteiger partial charge < -0.3 is 10.1 Å². The van der Waals surface area contributed by atoms with Crippen LogP contribution in [0.4, 0.5) is 5.69 Å². The molecule has 2 rings (SSSR count). The monoisotopic (exact) mass is 343 g/mol. The minimum absolute atomic E-state index is 0.357. The molecule has 0 aliphatic rings. The number of amides is 1. The van der Waals surface area contributed by atoms with Crippen molar-refractivity contribution < 1.29 is 9.53 Å². The fourth-order valence-corrected chi connectivity index (χ4v) is 2.31. The van der Waals surface area contributed by atoms with Crippen LogP contribution in [0, 0.1) is 0 Å². The molecule has 0 aromatic heterocycles. The van der Waals surface area contributed by atoms with Gasteiger partial charge in [0.2, 0.25) is 0 Å². The van der Waals surface area contributed by atoms with Crippen LogP contribution in [0.15, 0.2) is 42.5 Å². The van der Waals surface area contributed by atoms with Crippen LogP contribution in [0.5, 0.6) is 5.75 Å². The van der Waals surface area contributed by atoms with E-state index in [0.717, 1.165) is 0 Å². The summed E-state index contributed by atoms with van der Waals surface area (Å²) in [6.07, 6.45) is -0.726. The molecule has 0 saturated heterocycles. The first-order valence-electron chi connectivity index (χ1n) is 6.14. The Morgan fingerprint density at radius 2 is 1.71 bits per heavy atom. The van der Waals surface area contributed by atoms with E-state index in [4.69, 9.17) is 39.5 Å². The van der Waals surface area contributed by atoms with Crippen LogP contribution >= 0.6 is 34.8 Å². The molecule has 21 heavy (non-hydrogen) atoms. The Morgan fingerprint density at radius 1 is 1.10 bits per heavy atom. The summed E-state index contributed by atoms with van der Waals surface area (Å²) < 4.78 is 5.53. The van der Waals surface area contributed by atoms with Gasteiger partial charge >= 0.3 is 0 Å². The Balaban J connectivity index is 2.06. The maximum absolute atomic E-state index is 12.1. The number of para-hydroxylation sites is 1. The zero-order chi connectivity index (χ0) is 15.4. The normalized spacial score (nSPS) is 11.8. The van der Waals surface area contributed by atoms with Crippen molar-refractivity contribution in [3.05, 3.63) is 57.5 Å². The van der Waals surface area contributed by atoms with Crippen molar-refractivity contribution in [1.82, 2.24) is 0 Å². The average Bonchev–Trinajstić information content (AvgIpc) is 2.43. The van der Waals surface area contributed by atoms with E-state index in [9.17, 15) is 4.79 Å². The van der Waals surface area contributed by atoms with E-state index in [0.29, 0.717) is 26.5 Å². The summed E-state index contributed by atoms with van der Waals surface area (Å²) in [5.74, 6) is 0.153. The minimum atomic E-state index is -0.726. The van der Waals surface area contributed by atoms with Gasteiger partial charge in [0.15, 0.2) is 6.10 Å². The van der Waals surface area contributed by atoms with E-state index in [1.807, 2.05) is 0 Å². The molecule has 110 valence electrons. The van der Waals surface area contributed by atoms with E-state index in [-0.39, 0.29) is 5.91 Å². The molecule has 0 aliphatic heterocycles. The summed E-state index contributed by atoms with van der Waals surface area (Å²) in [4.78, 5) is 12.1. The number of nitrogens with one attached hydrogen (secondary N) is 1.